The lowest BCUT2D eigenvalue weighted by Crippen LogP contribution is -2.00. The van der Waals surface area contributed by atoms with Crippen LogP contribution in [0.15, 0.2) is 6.07 Å². The maximum atomic E-state index is 13.5. The van der Waals surface area contributed by atoms with Crippen LogP contribution in [0.3, 0.4) is 0 Å². The van der Waals surface area contributed by atoms with Crippen LogP contribution in [0.25, 0.3) is 0 Å². The van der Waals surface area contributed by atoms with Crippen molar-refractivity contribution in [1.82, 2.24) is 20.2 Å². The van der Waals surface area contributed by atoms with Crippen LogP contribution in [0.1, 0.15) is 5.69 Å². The third-order valence-corrected chi connectivity index (χ3v) is 2.16. The molecule has 0 radical (unpaired) electrons. The van der Waals surface area contributed by atoms with E-state index in [1.54, 1.807) is 6.07 Å². The molecule has 0 amide bonds. The summed E-state index contributed by atoms with van der Waals surface area (Å²) in [5.74, 6) is -0.467. The molecule has 16 heavy (non-hydrogen) atoms. The fraction of sp³-hybridized carbons (Fsp3) is 0.125. The summed E-state index contributed by atoms with van der Waals surface area (Å²) in [5.41, 5.74) is 0.828. The second-order valence-electron chi connectivity index (χ2n) is 3.01. The van der Waals surface area contributed by atoms with Crippen molar-refractivity contribution in [2.45, 2.75) is 6.92 Å². The predicted octanol–water partition coefficient (Wildman–Crippen LogP) is 2.70. The number of H-pyrrole nitrogens is 1. The van der Waals surface area contributed by atoms with Crippen molar-refractivity contribution in [2.75, 3.05) is 5.32 Å². The van der Waals surface area contributed by atoms with Crippen molar-refractivity contribution >= 4 is 34.8 Å². The zero-order valence-electron chi connectivity index (χ0n) is 8.05. The van der Waals surface area contributed by atoms with Crippen LogP contribution in [0.4, 0.5) is 16.0 Å². The Morgan fingerprint density at radius 3 is 2.75 bits per heavy atom. The molecule has 0 saturated carbocycles. The van der Waals surface area contributed by atoms with Gasteiger partial charge < -0.3 is 5.32 Å². The highest BCUT2D eigenvalue weighted by molar-refractivity contribution is 6.32. The van der Waals surface area contributed by atoms with Crippen molar-refractivity contribution in [3.8, 4) is 0 Å². The van der Waals surface area contributed by atoms with Gasteiger partial charge >= 0.3 is 0 Å². The van der Waals surface area contributed by atoms with Crippen LogP contribution in [0.2, 0.25) is 10.4 Å². The first-order valence-electron chi connectivity index (χ1n) is 4.24. The van der Waals surface area contributed by atoms with E-state index in [1.807, 2.05) is 6.92 Å². The highest BCUT2D eigenvalue weighted by Gasteiger charge is 2.13. The third-order valence-electron chi connectivity index (χ3n) is 1.74. The number of nitrogens with one attached hydrogen (secondary N) is 2. The Hall–Kier alpha value is -1.40. The number of hydrogen-bond donors (Lipinski definition) is 2. The molecule has 0 bridgehead atoms. The van der Waals surface area contributed by atoms with Gasteiger partial charge in [0.2, 0.25) is 11.1 Å². The SMILES string of the molecule is Cc1cc(Nc2nc(Cl)nc(Cl)c2F)n[nH]1. The third kappa shape index (κ3) is 2.23. The minimum absolute atomic E-state index is 0.114. The number of aromatic nitrogens is 4. The molecule has 0 fully saturated rings. The van der Waals surface area contributed by atoms with Gasteiger partial charge in [-0.1, -0.05) is 11.6 Å². The summed E-state index contributed by atoms with van der Waals surface area (Å²) in [5, 5.41) is 8.72. The van der Waals surface area contributed by atoms with Crippen LogP contribution in [0, 0.1) is 12.7 Å². The van der Waals surface area contributed by atoms with Gasteiger partial charge in [0, 0.05) is 11.8 Å². The van der Waals surface area contributed by atoms with E-state index in [1.165, 1.54) is 0 Å². The fourth-order valence-electron chi connectivity index (χ4n) is 1.08. The monoisotopic (exact) mass is 261 g/mol. The molecule has 0 aromatic carbocycles. The molecule has 0 atom stereocenters. The van der Waals surface area contributed by atoms with Crippen LogP contribution < -0.4 is 5.32 Å². The molecule has 0 aliphatic carbocycles. The van der Waals surface area contributed by atoms with Crippen molar-refractivity contribution in [1.29, 1.82) is 0 Å². The van der Waals surface area contributed by atoms with Gasteiger partial charge in [0.05, 0.1) is 0 Å². The molecule has 2 rings (SSSR count). The second kappa shape index (κ2) is 4.23. The largest absolute Gasteiger partial charge is 0.321 e. The quantitative estimate of drug-likeness (QED) is 0.645. The van der Waals surface area contributed by atoms with Gasteiger partial charge in [-0.05, 0) is 18.5 Å². The molecule has 0 unspecified atom stereocenters. The molecule has 84 valence electrons. The van der Waals surface area contributed by atoms with E-state index in [9.17, 15) is 4.39 Å². The summed E-state index contributed by atoms with van der Waals surface area (Å²) < 4.78 is 13.5. The Balaban J connectivity index is 2.34. The summed E-state index contributed by atoms with van der Waals surface area (Å²) in [4.78, 5) is 7.13. The van der Waals surface area contributed by atoms with Crippen LogP contribution in [0.5, 0.6) is 0 Å². The molecule has 2 heterocycles. The van der Waals surface area contributed by atoms with Crippen LogP contribution in [-0.2, 0) is 0 Å². The Morgan fingerprint density at radius 1 is 1.38 bits per heavy atom. The number of halogens is 3. The summed E-state index contributed by atoms with van der Waals surface area (Å²) in [6, 6.07) is 1.68. The van der Waals surface area contributed by atoms with E-state index < -0.39 is 5.82 Å². The standard InChI is InChI=1S/C8H6Cl2FN5/c1-3-2-4(16-15-3)12-7-5(11)6(9)13-8(10)14-7/h2H,1H3,(H2,12,13,14,15,16). The Bertz CT molecular complexity index is 527. The van der Waals surface area contributed by atoms with Crippen LogP contribution >= 0.6 is 23.2 Å². The Kier molecular flexibility index (Phi) is 2.93. The zero-order valence-corrected chi connectivity index (χ0v) is 9.56. The summed E-state index contributed by atoms with van der Waals surface area (Å²) in [7, 11) is 0. The Labute approximate surface area is 100 Å². The average molecular weight is 262 g/mol. The highest BCUT2D eigenvalue weighted by Crippen LogP contribution is 2.23. The molecule has 0 spiro atoms. The number of aromatic amines is 1. The fourth-order valence-corrected chi connectivity index (χ4v) is 1.46. The first-order chi connectivity index (χ1) is 7.56. The summed E-state index contributed by atoms with van der Waals surface area (Å²) in [6.45, 7) is 1.81. The van der Waals surface area contributed by atoms with E-state index in [0.717, 1.165) is 5.69 Å². The number of anilines is 2. The maximum absolute atomic E-state index is 13.5. The van der Waals surface area contributed by atoms with Gasteiger partial charge in [-0.2, -0.15) is 14.5 Å². The van der Waals surface area contributed by atoms with E-state index >= 15 is 0 Å². The normalized spacial score (nSPS) is 10.5. The van der Waals surface area contributed by atoms with Crippen molar-refractivity contribution in [3.63, 3.8) is 0 Å². The summed E-state index contributed by atoms with van der Waals surface area (Å²) in [6.07, 6.45) is 0. The van der Waals surface area contributed by atoms with E-state index in [2.05, 4.69) is 25.5 Å². The van der Waals surface area contributed by atoms with Crippen molar-refractivity contribution < 1.29 is 4.39 Å². The van der Waals surface area contributed by atoms with Gasteiger partial charge in [-0.3, -0.25) is 5.10 Å². The molecule has 2 N–H and O–H groups in total. The van der Waals surface area contributed by atoms with Gasteiger partial charge in [0.25, 0.3) is 0 Å². The maximum Gasteiger partial charge on any atom is 0.225 e. The van der Waals surface area contributed by atoms with Gasteiger partial charge in [0.1, 0.15) is 0 Å². The lowest BCUT2D eigenvalue weighted by Gasteiger charge is -2.04. The first kappa shape index (κ1) is 11.1. The van der Waals surface area contributed by atoms with Crippen molar-refractivity contribution in [2.24, 2.45) is 0 Å². The van der Waals surface area contributed by atoms with Crippen LogP contribution in [-0.4, -0.2) is 20.2 Å². The van der Waals surface area contributed by atoms with E-state index in [4.69, 9.17) is 23.2 Å². The molecule has 2 aromatic heterocycles. The highest BCUT2D eigenvalue weighted by atomic mass is 35.5. The zero-order chi connectivity index (χ0) is 11.7. The topological polar surface area (TPSA) is 66.5 Å². The molecule has 2 aromatic rings. The molecule has 0 aliphatic heterocycles. The smallest absolute Gasteiger partial charge is 0.225 e. The van der Waals surface area contributed by atoms with E-state index in [0.29, 0.717) is 5.82 Å². The lowest BCUT2D eigenvalue weighted by molar-refractivity contribution is 0.619. The molecule has 5 nitrogen and oxygen atoms in total. The number of hydrogen-bond acceptors (Lipinski definition) is 4. The molecular weight excluding hydrogens is 256 g/mol. The van der Waals surface area contributed by atoms with E-state index in [-0.39, 0.29) is 16.3 Å². The lowest BCUT2D eigenvalue weighted by atomic mass is 10.4. The molecule has 0 aliphatic rings. The molecular formula is C8H6Cl2FN5. The average Bonchev–Trinajstić information content (AvgIpc) is 2.60. The summed E-state index contributed by atoms with van der Waals surface area (Å²) >= 11 is 11.1. The first-order valence-corrected chi connectivity index (χ1v) is 4.99. The molecule has 8 heteroatoms. The predicted molar refractivity (Wildman–Crippen MR) is 58.6 cm³/mol. The minimum atomic E-state index is -0.772. The van der Waals surface area contributed by atoms with Gasteiger partial charge in [-0.15, -0.1) is 0 Å². The van der Waals surface area contributed by atoms with Crippen molar-refractivity contribution in [3.05, 3.63) is 28.0 Å². The molecule has 0 saturated heterocycles. The number of rotatable bonds is 2. The number of nitrogens with zero attached hydrogens (tertiary/aromatic N) is 3. The van der Waals surface area contributed by atoms with Gasteiger partial charge in [0.15, 0.2) is 16.8 Å². The van der Waals surface area contributed by atoms with Gasteiger partial charge in [-0.25, -0.2) is 4.98 Å². The second-order valence-corrected chi connectivity index (χ2v) is 3.70. The minimum Gasteiger partial charge on any atom is -0.321 e. The number of aryl methyl sites for hydroxylation is 1. The Morgan fingerprint density at radius 2 is 2.12 bits per heavy atom.